The van der Waals surface area contributed by atoms with Crippen LogP contribution in [0.5, 0.6) is 11.5 Å². The van der Waals surface area contributed by atoms with Crippen molar-refractivity contribution in [2.45, 2.75) is 44.5 Å². The van der Waals surface area contributed by atoms with Crippen LogP contribution < -0.4 is 9.47 Å². The summed E-state index contributed by atoms with van der Waals surface area (Å²) in [6.45, 7) is 3.74. The van der Waals surface area contributed by atoms with Crippen LogP contribution in [0.2, 0.25) is 0 Å². The van der Waals surface area contributed by atoms with Gasteiger partial charge in [0.15, 0.2) is 23.7 Å². The lowest BCUT2D eigenvalue weighted by Crippen LogP contribution is -2.55. The molecule has 0 amide bonds. The van der Waals surface area contributed by atoms with Gasteiger partial charge in [-0.1, -0.05) is 0 Å². The van der Waals surface area contributed by atoms with Crippen LogP contribution in [0.4, 0.5) is 0 Å². The molecular formula is C23H25NO8S. The van der Waals surface area contributed by atoms with Crippen molar-refractivity contribution in [2.24, 2.45) is 0 Å². The highest BCUT2D eigenvalue weighted by Crippen LogP contribution is 2.35. The van der Waals surface area contributed by atoms with E-state index in [0.717, 1.165) is 11.3 Å². The van der Waals surface area contributed by atoms with Crippen LogP contribution in [0.25, 0.3) is 11.3 Å². The van der Waals surface area contributed by atoms with Gasteiger partial charge in [-0.3, -0.25) is 19.4 Å². The largest absolute Gasteiger partial charge is 0.497 e. The molecule has 0 radical (unpaired) electrons. The standard InChI is InChI=1S/C23H25NO8S/c1-13(25)29-20-12-33-23(22(31-15(3)27)21(20)30-14(2)26)32-18-9-10-24-19(11-18)16-5-7-17(28-4)8-6-16/h5-11,20-23H,12H2,1-4H3/t20-,21+,22-,23-/m1/s1. The van der Waals surface area contributed by atoms with Crippen LogP contribution in [-0.4, -0.2) is 59.5 Å². The topological polar surface area (TPSA) is 110 Å². The smallest absolute Gasteiger partial charge is 0.303 e. The average molecular weight is 476 g/mol. The number of carbonyl (C=O) groups is 3. The van der Waals surface area contributed by atoms with E-state index in [4.69, 9.17) is 23.7 Å². The Labute approximate surface area is 195 Å². The van der Waals surface area contributed by atoms with Crippen molar-refractivity contribution in [1.82, 2.24) is 4.98 Å². The van der Waals surface area contributed by atoms with Crippen LogP contribution >= 0.6 is 11.8 Å². The lowest BCUT2D eigenvalue weighted by Gasteiger charge is -2.39. The summed E-state index contributed by atoms with van der Waals surface area (Å²) in [5, 5.41) is 0. The Balaban J connectivity index is 1.85. The number of hydrogen-bond donors (Lipinski definition) is 0. The van der Waals surface area contributed by atoms with Crippen LogP contribution in [0.3, 0.4) is 0 Å². The van der Waals surface area contributed by atoms with Crippen molar-refractivity contribution in [3.8, 4) is 22.8 Å². The van der Waals surface area contributed by atoms with Gasteiger partial charge >= 0.3 is 17.9 Å². The molecule has 1 aromatic heterocycles. The quantitative estimate of drug-likeness (QED) is 0.438. The van der Waals surface area contributed by atoms with Crippen molar-refractivity contribution in [3.05, 3.63) is 42.6 Å². The fourth-order valence-electron chi connectivity index (χ4n) is 3.35. The molecule has 0 spiro atoms. The maximum absolute atomic E-state index is 11.8. The SMILES string of the molecule is COc1ccc(-c2cc(O[C@@H]3SC[C@@H](OC(C)=O)[C@H](OC(C)=O)[C@H]3OC(C)=O)ccn2)cc1. The van der Waals surface area contributed by atoms with Gasteiger partial charge in [0.1, 0.15) is 11.5 Å². The highest BCUT2D eigenvalue weighted by Gasteiger charge is 2.47. The van der Waals surface area contributed by atoms with E-state index in [1.165, 1.54) is 32.5 Å². The summed E-state index contributed by atoms with van der Waals surface area (Å²) in [7, 11) is 1.60. The Kier molecular flexibility index (Phi) is 8.16. The highest BCUT2D eigenvalue weighted by molar-refractivity contribution is 7.99. The minimum absolute atomic E-state index is 0.288. The molecule has 1 aromatic carbocycles. The summed E-state index contributed by atoms with van der Waals surface area (Å²) in [4.78, 5) is 39.4. The Hall–Kier alpha value is -3.27. The zero-order valence-electron chi connectivity index (χ0n) is 18.7. The normalized spacial score (nSPS) is 22.1. The predicted molar refractivity (Wildman–Crippen MR) is 120 cm³/mol. The van der Waals surface area contributed by atoms with Gasteiger partial charge < -0.3 is 23.7 Å². The van der Waals surface area contributed by atoms with Crippen molar-refractivity contribution < 1.29 is 38.1 Å². The van der Waals surface area contributed by atoms with E-state index >= 15 is 0 Å². The molecule has 9 nitrogen and oxygen atoms in total. The fraction of sp³-hybridized carbons (Fsp3) is 0.391. The first-order valence-corrected chi connectivity index (χ1v) is 11.2. The number of pyridine rings is 1. The summed E-state index contributed by atoms with van der Waals surface area (Å²) in [6.07, 6.45) is -1.18. The van der Waals surface area contributed by atoms with E-state index in [0.29, 0.717) is 11.4 Å². The Morgan fingerprint density at radius 2 is 1.52 bits per heavy atom. The second kappa shape index (κ2) is 11.0. The fourth-order valence-corrected chi connectivity index (χ4v) is 4.56. The van der Waals surface area contributed by atoms with Crippen LogP contribution in [-0.2, 0) is 28.6 Å². The van der Waals surface area contributed by atoms with Gasteiger partial charge in [0, 0.05) is 44.4 Å². The number of hydrogen-bond acceptors (Lipinski definition) is 10. The van der Waals surface area contributed by atoms with Crippen molar-refractivity contribution in [1.29, 1.82) is 0 Å². The summed E-state index contributed by atoms with van der Waals surface area (Å²) in [6, 6.07) is 10.8. The average Bonchev–Trinajstić information content (AvgIpc) is 2.77. The molecule has 33 heavy (non-hydrogen) atoms. The number of rotatable bonds is 7. The van der Waals surface area contributed by atoms with Gasteiger partial charge in [-0.25, -0.2) is 0 Å². The molecule has 1 aliphatic heterocycles. The lowest BCUT2D eigenvalue weighted by molar-refractivity contribution is -0.186. The van der Waals surface area contributed by atoms with Gasteiger partial charge in [0.2, 0.25) is 0 Å². The monoisotopic (exact) mass is 475 g/mol. The molecule has 3 rings (SSSR count). The van der Waals surface area contributed by atoms with Crippen molar-refractivity contribution in [3.63, 3.8) is 0 Å². The summed E-state index contributed by atoms with van der Waals surface area (Å²) >= 11 is 1.29. The van der Waals surface area contributed by atoms with Crippen molar-refractivity contribution >= 4 is 29.7 Å². The third kappa shape index (κ3) is 6.61. The zero-order valence-corrected chi connectivity index (χ0v) is 19.5. The molecule has 1 fully saturated rings. The Morgan fingerprint density at radius 1 is 0.879 bits per heavy atom. The zero-order chi connectivity index (χ0) is 24.0. The molecule has 1 aliphatic rings. The first-order valence-electron chi connectivity index (χ1n) is 10.2. The second-order valence-electron chi connectivity index (χ2n) is 7.22. The minimum Gasteiger partial charge on any atom is -0.497 e. The molecular weight excluding hydrogens is 450 g/mol. The van der Waals surface area contributed by atoms with Crippen LogP contribution in [0, 0.1) is 0 Å². The van der Waals surface area contributed by atoms with Crippen LogP contribution in [0.15, 0.2) is 42.6 Å². The Bertz CT molecular complexity index is 996. The summed E-state index contributed by atoms with van der Waals surface area (Å²) < 4.78 is 27.5. The number of benzene rings is 1. The number of carbonyl (C=O) groups excluding carboxylic acids is 3. The number of aromatic nitrogens is 1. The maximum Gasteiger partial charge on any atom is 0.303 e. The number of esters is 3. The molecule has 176 valence electrons. The maximum atomic E-state index is 11.8. The van der Waals surface area contributed by atoms with Crippen LogP contribution in [0.1, 0.15) is 20.8 Å². The molecule has 2 heterocycles. The molecule has 0 unspecified atom stereocenters. The summed E-state index contributed by atoms with van der Waals surface area (Å²) in [5.74, 6) is -0.201. The first-order chi connectivity index (χ1) is 15.8. The van der Waals surface area contributed by atoms with E-state index in [-0.39, 0.29) is 5.75 Å². The van der Waals surface area contributed by atoms with E-state index in [9.17, 15) is 14.4 Å². The molecule has 0 bridgehead atoms. The van der Waals surface area contributed by atoms with E-state index in [1.807, 2.05) is 24.3 Å². The minimum atomic E-state index is -1.01. The predicted octanol–water partition coefficient (Wildman–Crippen LogP) is 3.00. The number of nitrogens with zero attached hydrogens (tertiary/aromatic N) is 1. The molecule has 0 aliphatic carbocycles. The third-order valence-electron chi connectivity index (χ3n) is 4.67. The Morgan fingerprint density at radius 3 is 2.12 bits per heavy atom. The molecule has 4 atom stereocenters. The van der Waals surface area contributed by atoms with E-state index < -0.39 is 41.7 Å². The molecule has 0 saturated carbocycles. The molecule has 2 aromatic rings. The number of ether oxygens (including phenoxy) is 5. The van der Waals surface area contributed by atoms with Gasteiger partial charge in [-0.15, -0.1) is 11.8 Å². The van der Waals surface area contributed by atoms with Gasteiger partial charge in [-0.2, -0.15) is 0 Å². The van der Waals surface area contributed by atoms with Crippen molar-refractivity contribution in [2.75, 3.05) is 12.9 Å². The number of methoxy groups -OCH3 is 1. The van der Waals surface area contributed by atoms with Gasteiger partial charge in [0.05, 0.1) is 12.8 Å². The van der Waals surface area contributed by atoms with E-state index in [2.05, 4.69) is 4.98 Å². The molecule has 10 heteroatoms. The second-order valence-corrected chi connectivity index (χ2v) is 8.35. The van der Waals surface area contributed by atoms with Gasteiger partial charge in [-0.05, 0) is 30.3 Å². The van der Waals surface area contributed by atoms with E-state index in [1.54, 1.807) is 25.4 Å². The summed E-state index contributed by atoms with van der Waals surface area (Å²) in [5.41, 5.74) is 0.826. The molecule has 1 saturated heterocycles. The third-order valence-corrected chi connectivity index (χ3v) is 5.89. The number of thioether (sulfide) groups is 1. The van der Waals surface area contributed by atoms with Gasteiger partial charge in [0.25, 0.3) is 0 Å². The first kappa shape index (κ1) is 24.4. The molecule has 0 N–H and O–H groups in total. The lowest BCUT2D eigenvalue weighted by atomic mass is 10.1. The highest BCUT2D eigenvalue weighted by atomic mass is 32.2.